The minimum atomic E-state index is -0.168. The molecule has 6 nitrogen and oxygen atoms in total. The molecule has 0 aliphatic carbocycles. The van der Waals surface area contributed by atoms with Gasteiger partial charge in [-0.2, -0.15) is 0 Å². The summed E-state index contributed by atoms with van der Waals surface area (Å²) in [7, 11) is 0. The second-order valence-electron chi connectivity index (χ2n) is 4.59. The highest BCUT2D eigenvalue weighted by Crippen LogP contribution is 2.13. The molecule has 1 saturated heterocycles. The molecular weight excluding hydrogens is 244 g/mol. The number of ether oxygens (including phenoxy) is 1. The molecule has 0 bridgehead atoms. The third-order valence-electron chi connectivity index (χ3n) is 3.12. The van der Waals surface area contributed by atoms with Crippen LogP contribution in [0.1, 0.15) is 30.3 Å². The number of hydrogen-bond donors (Lipinski definition) is 2. The highest BCUT2D eigenvalue weighted by Gasteiger charge is 2.16. The topological polar surface area (TPSA) is 76.1 Å². The first-order chi connectivity index (χ1) is 9.29. The number of hydrogen-bond acceptors (Lipinski definition) is 5. The Morgan fingerprint density at radius 3 is 2.95 bits per heavy atom. The molecule has 2 N–H and O–H groups in total. The van der Waals surface area contributed by atoms with Gasteiger partial charge in [-0.3, -0.25) is 9.78 Å². The van der Waals surface area contributed by atoms with E-state index < -0.39 is 0 Å². The van der Waals surface area contributed by atoms with Gasteiger partial charge >= 0.3 is 0 Å². The van der Waals surface area contributed by atoms with Gasteiger partial charge in [0.05, 0.1) is 12.4 Å². The molecule has 104 valence electrons. The third-order valence-corrected chi connectivity index (χ3v) is 3.12. The van der Waals surface area contributed by atoms with E-state index in [0.717, 1.165) is 32.6 Å². The smallest absolute Gasteiger partial charge is 0.271 e. The number of carbonyl (C=O) groups is 1. The molecule has 19 heavy (non-hydrogen) atoms. The van der Waals surface area contributed by atoms with Gasteiger partial charge in [0.2, 0.25) is 0 Å². The van der Waals surface area contributed by atoms with E-state index in [4.69, 9.17) is 4.74 Å². The predicted octanol–water partition coefficient (Wildman–Crippen LogP) is 1.06. The Bertz CT molecular complexity index is 419. The highest BCUT2D eigenvalue weighted by molar-refractivity contribution is 5.92. The predicted molar refractivity (Wildman–Crippen MR) is 72.1 cm³/mol. The molecule has 1 fully saturated rings. The summed E-state index contributed by atoms with van der Waals surface area (Å²) in [6.45, 7) is 4.98. The van der Waals surface area contributed by atoms with Crippen molar-refractivity contribution in [2.45, 2.75) is 19.8 Å². The van der Waals surface area contributed by atoms with Gasteiger partial charge in [0.1, 0.15) is 11.5 Å². The van der Waals surface area contributed by atoms with Crippen molar-refractivity contribution in [2.24, 2.45) is 5.92 Å². The van der Waals surface area contributed by atoms with Crippen molar-refractivity contribution in [1.29, 1.82) is 0 Å². The second kappa shape index (κ2) is 7.04. The molecule has 2 rings (SSSR count). The van der Waals surface area contributed by atoms with Crippen LogP contribution in [0.4, 0.5) is 5.82 Å². The Morgan fingerprint density at radius 1 is 1.42 bits per heavy atom. The zero-order chi connectivity index (χ0) is 13.5. The highest BCUT2D eigenvalue weighted by atomic mass is 16.5. The van der Waals surface area contributed by atoms with Crippen molar-refractivity contribution in [2.75, 3.05) is 31.6 Å². The van der Waals surface area contributed by atoms with Gasteiger partial charge in [-0.15, -0.1) is 0 Å². The van der Waals surface area contributed by atoms with Gasteiger partial charge in [-0.05, 0) is 25.7 Å². The van der Waals surface area contributed by atoms with Crippen LogP contribution >= 0.6 is 0 Å². The summed E-state index contributed by atoms with van der Waals surface area (Å²) in [4.78, 5) is 20.2. The molecule has 0 aromatic carbocycles. The monoisotopic (exact) mass is 264 g/mol. The maximum atomic E-state index is 12.0. The Hall–Kier alpha value is -1.69. The lowest BCUT2D eigenvalue weighted by Gasteiger charge is -2.22. The fraction of sp³-hybridized carbons (Fsp3) is 0.615. The molecule has 1 amide bonds. The molecule has 0 atom stereocenters. The van der Waals surface area contributed by atoms with Crippen LogP contribution in [0.5, 0.6) is 0 Å². The van der Waals surface area contributed by atoms with Gasteiger partial charge in [0, 0.05) is 26.3 Å². The van der Waals surface area contributed by atoms with Gasteiger partial charge in [0.25, 0.3) is 5.91 Å². The van der Waals surface area contributed by atoms with Crippen molar-refractivity contribution >= 4 is 11.7 Å². The standard InChI is InChI=1S/C13H20N4O2/c1-2-15-12-9-14-8-11(17-12)13(18)16-7-10-3-5-19-6-4-10/h8-10H,2-7H2,1H3,(H,15,17)(H,16,18). The summed E-state index contributed by atoms with van der Waals surface area (Å²) >= 11 is 0. The second-order valence-corrected chi connectivity index (χ2v) is 4.59. The Morgan fingerprint density at radius 2 is 2.21 bits per heavy atom. The van der Waals surface area contributed by atoms with E-state index in [-0.39, 0.29) is 5.91 Å². The lowest BCUT2D eigenvalue weighted by Crippen LogP contribution is -2.32. The Balaban J connectivity index is 1.86. The van der Waals surface area contributed by atoms with Crippen molar-refractivity contribution < 1.29 is 9.53 Å². The average Bonchev–Trinajstić information content (AvgIpc) is 2.46. The van der Waals surface area contributed by atoms with Crippen molar-refractivity contribution in [3.63, 3.8) is 0 Å². The van der Waals surface area contributed by atoms with E-state index in [1.54, 1.807) is 6.20 Å². The molecule has 6 heteroatoms. The summed E-state index contributed by atoms with van der Waals surface area (Å²) in [6, 6.07) is 0. The van der Waals surface area contributed by atoms with Gasteiger partial charge in [-0.25, -0.2) is 4.98 Å². The van der Waals surface area contributed by atoms with Crippen molar-refractivity contribution in [3.05, 3.63) is 18.1 Å². The van der Waals surface area contributed by atoms with Crippen LogP contribution in [-0.4, -0.2) is 42.2 Å². The van der Waals surface area contributed by atoms with Gasteiger partial charge in [-0.1, -0.05) is 0 Å². The number of aromatic nitrogens is 2. The SMILES string of the molecule is CCNc1cncc(C(=O)NCC2CCOCC2)n1. The summed E-state index contributed by atoms with van der Waals surface area (Å²) in [5.74, 6) is 0.961. The van der Waals surface area contributed by atoms with Gasteiger partial charge < -0.3 is 15.4 Å². The molecule has 2 heterocycles. The van der Waals surface area contributed by atoms with Crippen LogP contribution in [-0.2, 0) is 4.74 Å². The van der Waals surface area contributed by atoms with Crippen LogP contribution in [0.25, 0.3) is 0 Å². The number of carbonyl (C=O) groups excluding carboxylic acids is 1. The molecule has 1 aromatic heterocycles. The molecule has 0 unspecified atom stereocenters. The van der Waals surface area contributed by atoms with E-state index in [0.29, 0.717) is 24.0 Å². The van der Waals surface area contributed by atoms with Crippen molar-refractivity contribution in [1.82, 2.24) is 15.3 Å². The molecule has 0 spiro atoms. The molecular formula is C13H20N4O2. The summed E-state index contributed by atoms with van der Waals surface area (Å²) in [6.07, 6.45) is 5.10. The minimum absolute atomic E-state index is 0.168. The average molecular weight is 264 g/mol. The van der Waals surface area contributed by atoms with E-state index in [2.05, 4.69) is 20.6 Å². The first kappa shape index (κ1) is 13.7. The van der Waals surface area contributed by atoms with Gasteiger partial charge in [0.15, 0.2) is 0 Å². The molecule has 1 aliphatic rings. The van der Waals surface area contributed by atoms with E-state index in [1.807, 2.05) is 6.92 Å². The zero-order valence-electron chi connectivity index (χ0n) is 11.2. The summed E-state index contributed by atoms with van der Waals surface area (Å²) < 4.78 is 5.29. The first-order valence-corrected chi connectivity index (χ1v) is 6.71. The van der Waals surface area contributed by atoms with Crippen LogP contribution in [0.2, 0.25) is 0 Å². The zero-order valence-corrected chi connectivity index (χ0v) is 11.2. The van der Waals surface area contributed by atoms with E-state index in [1.165, 1.54) is 6.20 Å². The molecule has 0 radical (unpaired) electrons. The summed E-state index contributed by atoms with van der Waals surface area (Å²) in [5, 5.41) is 5.95. The van der Waals surface area contributed by atoms with Crippen LogP contribution in [0, 0.1) is 5.92 Å². The summed E-state index contributed by atoms with van der Waals surface area (Å²) in [5.41, 5.74) is 0.352. The maximum absolute atomic E-state index is 12.0. The number of nitrogens with one attached hydrogen (secondary N) is 2. The molecule has 0 saturated carbocycles. The van der Waals surface area contributed by atoms with Crippen LogP contribution in [0.3, 0.4) is 0 Å². The quantitative estimate of drug-likeness (QED) is 0.831. The Labute approximate surface area is 113 Å². The number of nitrogens with zero attached hydrogens (tertiary/aromatic N) is 2. The normalized spacial score (nSPS) is 16.1. The molecule has 1 aromatic rings. The van der Waals surface area contributed by atoms with E-state index >= 15 is 0 Å². The van der Waals surface area contributed by atoms with Crippen LogP contribution in [0.15, 0.2) is 12.4 Å². The van der Waals surface area contributed by atoms with Crippen molar-refractivity contribution in [3.8, 4) is 0 Å². The number of rotatable bonds is 5. The lowest BCUT2D eigenvalue weighted by molar-refractivity contribution is 0.0642. The fourth-order valence-corrected chi connectivity index (χ4v) is 2.02. The Kier molecular flexibility index (Phi) is 5.09. The largest absolute Gasteiger partial charge is 0.381 e. The van der Waals surface area contributed by atoms with Crippen LogP contribution < -0.4 is 10.6 Å². The maximum Gasteiger partial charge on any atom is 0.271 e. The minimum Gasteiger partial charge on any atom is -0.381 e. The first-order valence-electron chi connectivity index (χ1n) is 6.71. The number of anilines is 1. The molecule has 1 aliphatic heterocycles. The number of amides is 1. The van der Waals surface area contributed by atoms with E-state index in [9.17, 15) is 4.79 Å². The fourth-order valence-electron chi connectivity index (χ4n) is 2.02. The third kappa shape index (κ3) is 4.17. The lowest BCUT2D eigenvalue weighted by atomic mass is 10.0.